The van der Waals surface area contributed by atoms with E-state index in [0.29, 0.717) is 12.5 Å². The molecule has 6 nitrogen and oxygen atoms in total. The molecule has 21 heavy (non-hydrogen) atoms. The first-order chi connectivity index (χ1) is 9.56. The summed E-state index contributed by atoms with van der Waals surface area (Å²) in [7, 11) is 3.09. The van der Waals surface area contributed by atoms with Gasteiger partial charge in [-0.25, -0.2) is 4.98 Å². The van der Waals surface area contributed by atoms with Gasteiger partial charge >= 0.3 is 5.97 Å². The molecule has 1 heterocycles. The highest BCUT2D eigenvalue weighted by atomic mass is 127. The fourth-order valence-electron chi connectivity index (χ4n) is 1.56. The Kier molecular flexibility index (Phi) is 10.3. The maximum Gasteiger partial charge on any atom is 0.310 e. The van der Waals surface area contributed by atoms with Crippen molar-refractivity contribution in [2.75, 3.05) is 27.2 Å². The lowest BCUT2D eigenvalue weighted by Crippen LogP contribution is -2.41. The van der Waals surface area contributed by atoms with Crippen LogP contribution in [0.4, 0.5) is 0 Å². The van der Waals surface area contributed by atoms with Gasteiger partial charge in [0.05, 0.1) is 18.0 Å². The Bertz CT molecular complexity index is 465. The molecule has 1 atom stereocenters. The summed E-state index contributed by atoms with van der Waals surface area (Å²) in [5.41, 5.74) is 0. The van der Waals surface area contributed by atoms with Gasteiger partial charge in [0.1, 0.15) is 0 Å². The number of esters is 1. The van der Waals surface area contributed by atoms with E-state index in [1.165, 1.54) is 12.0 Å². The van der Waals surface area contributed by atoms with E-state index >= 15 is 0 Å². The summed E-state index contributed by atoms with van der Waals surface area (Å²) in [6, 6.07) is 0. The quantitative estimate of drug-likeness (QED) is 0.313. The molecule has 0 aliphatic heterocycles. The number of halogens is 1. The second kappa shape index (κ2) is 10.8. The lowest BCUT2D eigenvalue weighted by Gasteiger charge is -2.14. The maximum absolute atomic E-state index is 11.3. The van der Waals surface area contributed by atoms with E-state index in [4.69, 9.17) is 0 Å². The number of hydrogen-bond donors (Lipinski definition) is 2. The van der Waals surface area contributed by atoms with Crippen LogP contribution in [0.5, 0.6) is 0 Å². The normalized spacial score (nSPS) is 12.3. The predicted molar refractivity (Wildman–Crippen MR) is 96.5 cm³/mol. The van der Waals surface area contributed by atoms with E-state index < -0.39 is 0 Å². The third kappa shape index (κ3) is 7.60. The lowest BCUT2D eigenvalue weighted by molar-refractivity contribution is -0.144. The SMILES string of the molecule is CN=C(NCCc1ncc(C)s1)NCC(C)C(=O)OC.I. The van der Waals surface area contributed by atoms with E-state index in [-0.39, 0.29) is 35.9 Å². The van der Waals surface area contributed by atoms with Gasteiger partial charge in [0.25, 0.3) is 0 Å². The molecule has 0 aromatic carbocycles. The Morgan fingerprint density at radius 2 is 2.24 bits per heavy atom. The van der Waals surface area contributed by atoms with Crippen LogP contribution >= 0.6 is 35.3 Å². The zero-order chi connectivity index (χ0) is 15.0. The fraction of sp³-hybridized carbons (Fsp3) is 0.615. The molecule has 1 rings (SSSR count). The molecule has 0 saturated carbocycles. The molecular weight excluding hydrogens is 403 g/mol. The van der Waals surface area contributed by atoms with Crippen molar-refractivity contribution < 1.29 is 9.53 Å². The monoisotopic (exact) mass is 426 g/mol. The van der Waals surface area contributed by atoms with Crippen LogP contribution in [0.1, 0.15) is 16.8 Å². The van der Waals surface area contributed by atoms with Gasteiger partial charge in [-0.15, -0.1) is 35.3 Å². The zero-order valence-electron chi connectivity index (χ0n) is 12.8. The zero-order valence-corrected chi connectivity index (χ0v) is 16.0. The highest BCUT2D eigenvalue weighted by Crippen LogP contribution is 2.10. The maximum atomic E-state index is 11.3. The topological polar surface area (TPSA) is 75.6 Å². The van der Waals surface area contributed by atoms with Crippen LogP contribution in [0.2, 0.25) is 0 Å². The molecule has 0 saturated heterocycles. The second-order valence-electron chi connectivity index (χ2n) is 4.42. The number of carbonyl (C=O) groups excluding carboxylic acids is 1. The Hall–Kier alpha value is -0.900. The van der Waals surface area contributed by atoms with Gasteiger partial charge in [-0.05, 0) is 6.92 Å². The van der Waals surface area contributed by atoms with Gasteiger partial charge < -0.3 is 15.4 Å². The molecular formula is C13H23IN4O2S. The third-order valence-electron chi connectivity index (χ3n) is 2.70. The van der Waals surface area contributed by atoms with Gasteiger partial charge in [-0.1, -0.05) is 6.92 Å². The van der Waals surface area contributed by atoms with E-state index in [9.17, 15) is 4.79 Å². The van der Waals surface area contributed by atoms with Gasteiger partial charge in [-0.2, -0.15) is 0 Å². The van der Waals surface area contributed by atoms with E-state index in [1.54, 1.807) is 18.4 Å². The average Bonchev–Trinajstić information content (AvgIpc) is 2.86. The summed E-state index contributed by atoms with van der Waals surface area (Å²) in [6.07, 6.45) is 2.73. The van der Waals surface area contributed by atoms with Crippen molar-refractivity contribution >= 4 is 47.2 Å². The van der Waals surface area contributed by atoms with Gasteiger partial charge in [0, 0.05) is 37.6 Å². The first-order valence-corrected chi connectivity index (χ1v) is 7.32. The lowest BCUT2D eigenvalue weighted by atomic mass is 10.2. The average molecular weight is 426 g/mol. The first-order valence-electron chi connectivity index (χ1n) is 6.50. The predicted octanol–water partition coefficient (Wildman–Crippen LogP) is 1.59. The van der Waals surface area contributed by atoms with Crippen molar-refractivity contribution in [1.29, 1.82) is 0 Å². The Morgan fingerprint density at radius 1 is 1.52 bits per heavy atom. The summed E-state index contributed by atoms with van der Waals surface area (Å²) in [5.74, 6) is 0.236. The van der Waals surface area contributed by atoms with Crippen molar-refractivity contribution in [3.8, 4) is 0 Å². The third-order valence-corrected chi connectivity index (χ3v) is 3.68. The van der Waals surface area contributed by atoms with Gasteiger partial charge in [-0.3, -0.25) is 9.79 Å². The number of aromatic nitrogens is 1. The number of methoxy groups -OCH3 is 1. The molecule has 0 spiro atoms. The summed E-state index contributed by atoms with van der Waals surface area (Å²) < 4.78 is 4.67. The van der Waals surface area contributed by atoms with Crippen LogP contribution in [0, 0.1) is 12.8 Å². The second-order valence-corrected chi connectivity index (χ2v) is 5.74. The first kappa shape index (κ1) is 20.1. The minimum atomic E-state index is -0.230. The number of thiazole rings is 1. The number of aliphatic imine (C=N–C) groups is 1. The molecule has 0 radical (unpaired) electrons. The number of hydrogen-bond acceptors (Lipinski definition) is 5. The van der Waals surface area contributed by atoms with Crippen LogP contribution in [-0.2, 0) is 16.0 Å². The van der Waals surface area contributed by atoms with Crippen LogP contribution in [0.3, 0.4) is 0 Å². The van der Waals surface area contributed by atoms with Crippen molar-refractivity contribution in [2.24, 2.45) is 10.9 Å². The molecule has 1 aromatic heterocycles. The Morgan fingerprint density at radius 3 is 2.76 bits per heavy atom. The Balaban J connectivity index is 0.00000400. The molecule has 0 aliphatic carbocycles. The van der Waals surface area contributed by atoms with Crippen LogP contribution < -0.4 is 10.6 Å². The highest BCUT2D eigenvalue weighted by molar-refractivity contribution is 14.0. The Labute approximate surface area is 146 Å². The highest BCUT2D eigenvalue weighted by Gasteiger charge is 2.13. The van der Waals surface area contributed by atoms with Crippen molar-refractivity contribution in [1.82, 2.24) is 15.6 Å². The summed E-state index contributed by atoms with van der Waals surface area (Å²) in [6.45, 7) is 5.09. The summed E-state index contributed by atoms with van der Waals surface area (Å²) in [5, 5.41) is 7.39. The number of carbonyl (C=O) groups is 1. The molecule has 0 bridgehead atoms. The fourth-order valence-corrected chi connectivity index (χ4v) is 2.35. The van der Waals surface area contributed by atoms with Crippen molar-refractivity contribution in [3.63, 3.8) is 0 Å². The molecule has 8 heteroatoms. The van der Waals surface area contributed by atoms with E-state index in [0.717, 1.165) is 18.0 Å². The molecule has 0 aliphatic rings. The molecule has 1 aromatic rings. The number of aryl methyl sites for hydroxylation is 1. The van der Waals surface area contributed by atoms with Crippen molar-refractivity contribution in [2.45, 2.75) is 20.3 Å². The standard InChI is InChI=1S/C13H22N4O2S.HI/c1-9(12(18)19-4)7-17-13(14-3)15-6-5-11-16-8-10(2)20-11;/h8-9H,5-7H2,1-4H3,(H2,14,15,17);1H. The van der Waals surface area contributed by atoms with Crippen molar-refractivity contribution in [3.05, 3.63) is 16.1 Å². The minimum absolute atomic E-state index is 0. The largest absolute Gasteiger partial charge is 0.469 e. The number of ether oxygens (including phenoxy) is 1. The smallest absolute Gasteiger partial charge is 0.310 e. The van der Waals surface area contributed by atoms with E-state index in [1.807, 2.05) is 20.0 Å². The van der Waals surface area contributed by atoms with Gasteiger partial charge in [0.15, 0.2) is 5.96 Å². The number of nitrogens with zero attached hydrogens (tertiary/aromatic N) is 2. The summed E-state index contributed by atoms with van der Waals surface area (Å²) in [4.78, 5) is 20.9. The molecule has 0 amide bonds. The van der Waals surface area contributed by atoms with E-state index in [2.05, 4.69) is 25.3 Å². The minimum Gasteiger partial charge on any atom is -0.469 e. The van der Waals surface area contributed by atoms with Crippen LogP contribution in [-0.4, -0.2) is 44.2 Å². The van der Waals surface area contributed by atoms with Crippen LogP contribution in [0.25, 0.3) is 0 Å². The molecule has 0 fully saturated rings. The number of rotatable bonds is 6. The van der Waals surface area contributed by atoms with Gasteiger partial charge in [0.2, 0.25) is 0 Å². The molecule has 120 valence electrons. The number of nitrogens with one attached hydrogen (secondary N) is 2. The number of guanidine groups is 1. The summed E-state index contributed by atoms with van der Waals surface area (Å²) >= 11 is 1.70. The molecule has 1 unspecified atom stereocenters. The van der Waals surface area contributed by atoms with Crippen LogP contribution in [0.15, 0.2) is 11.2 Å². The molecule has 2 N–H and O–H groups in total.